The minimum Gasteiger partial charge on any atom is -0.412 e. The van der Waals surface area contributed by atoms with Gasteiger partial charge in [0.05, 0.1) is 18.5 Å². The molecular formula is C22H33ClN2O2. The lowest BCUT2D eigenvalue weighted by molar-refractivity contribution is -0.127. The number of carbonyl (C=O) groups is 1. The summed E-state index contributed by atoms with van der Waals surface area (Å²) in [4.78, 5) is 15.4. The van der Waals surface area contributed by atoms with Crippen molar-refractivity contribution >= 4 is 18.3 Å². The Bertz CT molecular complexity index is 612. The molecule has 0 spiro atoms. The number of rotatable bonds is 4. The summed E-state index contributed by atoms with van der Waals surface area (Å²) < 4.78 is 0. The van der Waals surface area contributed by atoms with E-state index >= 15 is 0 Å². The molecule has 1 heterocycles. The highest BCUT2D eigenvalue weighted by Crippen LogP contribution is 2.39. The molecule has 0 aromatic heterocycles. The molecule has 27 heavy (non-hydrogen) atoms. The molecule has 1 saturated carbocycles. The number of benzene rings is 1. The summed E-state index contributed by atoms with van der Waals surface area (Å²) in [5.41, 5.74) is 0.808. The van der Waals surface area contributed by atoms with Gasteiger partial charge in [-0.3, -0.25) is 9.69 Å². The van der Waals surface area contributed by atoms with E-state index in [1.54, 1.807) is 0 Å². The standard InChI is InChI=1S/C22H30N2O.ClH.H2O/c25-21(23-16-8-11-19-24-17-9-3-10-18-24)22(14-6-2-7-15-22)20-12-4-1-5-13-20;;/h1,4-5,12-13H,2-3,6-7,9-10,14-19H2,(H,23,25);1H;1H2. The van der Waals surface area contributed by atoms with Crippen LogP contribution in [-0.4, -0.2) is 42.5 Å². The molecule has 3 N–H and O–H groups in total. The van der Waals surface area contributed by atoms with E-state index in [0.29, 0.717) is 6.54 Å². The molecule has 2 fully saturated rings. The molecule has 1 amide bonds. The van der Waals surface area contributed by atoms with E-state index in [1.165, 1.54) is 25.7 Å². The molecule has 1 aliphatic carbocycles. The zero-order valence-electron chi connectivity index (χ0n) is 16.1. The van der Waals surface area contributed by atoms with E-state index in [0.717, 1.165) is 50.9 Å². The summed E-state index contributed by atoms with van der Waals surface area (Å²) in [5.74, 6) is 6.53. The Kier molecular flexibility index (Phi) is 10.5. The van der Waals surface area contributed by atoms with Crippen LogP contribution in [0.5, 0.6) is 0 Å². The molecule has 1 aromatic rings. The van der Waals surface area contributed by atoms with E-state index < -0.39 is 0 Å². The van der Waals surface area contributed by atoms with Crippen molar-refractivity contribution in [1.82, 2.24) is 10.2 Å². The number of carbonyl (C=O) groups excluding carboxylic acids is 1. The number of nitrogens with one attached hydrogen (secondary N) is 1. The van der Waals surface area contributed by atoms with Crippen LogP contribution in [0.15, 0.2) is 30.3 Å². The number of hydrogen-bond donors (Lipinski definition) is 1. The molecule has 3 rings (SSSR count). The highest BCUT2D eigenvalue weighted by Gasteiger charge is 2.40. The molecule has 1 saturated heterocycles. The third kappa shape index (κ3) is 6.24. The van der Waals surface area contributed by atoms with Gasteiger partial charge < -0.3 is 10.8 Å². The number of piperidine rings is 1. The first-order valence-corrected chi connectivity index (χ1v) is 9.83. The zero-order valence-corrected chi connectivity index (χ0v) is 17.0. The van der Waals surface area contributed by atoms with Crippen LogP contribution in [0, 0.1) is 11.8 Å². The lowest BCUT2D eigenvalue weighted by atomic mass is 9.68. The molecule has 4 nitrogen and oxygen atoms in total. The fraction of sp³-hybridized carbons (Fsp3) is 0.591. The number of nitrogens with zero attached hydrogens (tertiary/aromatic N) is 1. The first-order chi connectivity index (χ1) is 12.3. The maximum atomic E-state index is 13.0. The third-order valence-corrected chi connectivity index (χ3v) is 5.68. The Morgan fingerprint density at radius 3 is 2.26 bits per heavy atom. The van der Waals surface area contributed by atoms with Gasteiger partial charge in [0.25, 0.3) is 0 Å². The fourth-order valence-electron chi connectivity index (χ4n) is 4.20. The number of halogens is 1. The van der Waals surface area contributed by atoms with E-state index in [1.807, 2.05) is 18.2 Å². The zero-order chi connectivity index (χ0) is 17.4. The van der Waals surface area contributed by atoms with Gasteiger partial charge in [-0.15, -0.1) is 12.4 Å². The molecular weight excluding hydrogens is 360 g/mol. The van der Waals surface area contributed by atoms with Crippen molar-refractivity contribution in [3.05, 3.63) is 35.9 Å². The predicted molar refractivity (Wildman–Crippen MR) is 113 cm³/mol. The van der Waals surface area contributed by atoms with E-state index in [2.05, 4.69) is 34.2 Å². The Morgan fingerprint density at radius 1 is 0.963 bits per heavy atom. The van der Waals surface area contributed by atoms with E-state index in [9.17, 15) is 4.79 Å². The quantitative estimate of drug-likeness (QED) is 0.800. The van der Waals surface area contributed by atoms with Gasteiger partial charge in [-0.25, -0.2) is 0 Å². The summed E-state index contributed by atoms with van der Waals surface area (Å²) in [6.07, 6.45) is 9.31. The van der Waals surface area contributed by atoms with Crippen molar-refractivity contribution in [1.29, 1.82) is 0 Å². The first kappa shape index (κ1) is 23.5. The van der Waals surface area contributed by atoms with Crippen molar-refractivity contribution in [2.75, 3.05) is 26.2 Å². The van der Waals surface area contributed by atoms with Crippen LogP contribution in [-0.2, 0) is 10.2 Å². The Hall–Kier alpha value is -1.54. The molecule has 2 aliphatic rings. The average Bonchev–Trinajstić information content (AvgIpc) is 2.69. The Morgan fingerprint density at radius 2 is 1.59 bits per heavy atom. The highest BCUT2D eigenvalue weighted by atomic mass is 35.5. The van der Waals surface area contributed by atoms with Crippen molar-refractivity contribution in [2.24, 2.45) is 0 Å². The second-order valence-corrected chi connectivity index (χ2v) is 7.38. The van der Waals surface area contributed by atoms with Crippen LogP contribution in [0.25, 0.3) is 0 Å². The summed E-state index contributed by atoms with van der Waals surface area (Å²) in [5, 5.41) is 3.10. The Labute approximate surface area is 169 Å². The topological polar surface area (TPSA) is 63.8 Å². The normalized spacial score (nSPS) is 18.8. The average molecular weight is 393 g/mol. The van der Waals surface area contributed by atoms with E-state index in [4.69, 9.17) is 0 Å². The summed E-state index contributed by atoms with van der Waals surface area (Å²) in [6, 6.07) is 10.3. The van der Waals surface area contributed by atoms with Gasteiger partial charge in [0.15, 0.2) is 0 Å². The van der Waals surface area contributed by atoms with E-state index in [-0.39, 0.29) is 29.2 Å². The van der Waals surface area contributed by atoms with Crippen LogP contribution in [0.2, 0.25) is 0 Å². The largest absolute Gasteiger partial charge is 0.412 e. The van der Waals surface area contributed by atoms with Crippen LogP contribution in [0.1, 0.15) is 56.9 Å². The van der Waals surface area contributed by atoms with Crippen molar-refractivity contribution in [3.63, 3.8) is 0 Å². The highest BCUT2D eigenvalue weighted by molar-refractivity contribution is 5.88. The molecule has 0 radical (unpaired) electrons. The molecule has 0 atom stereocenters. The smallest absolute Gasteiger partial charge is 0.231 e. The van der Waals surface area contributed by atoms with Gasteiger partial charge in [0, 0.05) is 0 Å². The molecule has 1 aromatic carbocycles. The summed E-state index contributed by atoms with van der Waals surface area (Å²) in [6.45, 7) is 3.62. The minimum absolute atomic E-state index is 0. The van der Waals surface area contributed by atoms with Gasteiger partial charge in [0.2, 0.25) is 5.91 Å². The van der Waals surface area contributed by atoms with Crippen molar-refractivity contribution in [3.8, 4) is 11.8 Å². The molecule has 0 bridgehead atoms. The Balaban J connectivity index is 0.00000182. The molecule has 150 valence electrons. The van der Waals surface area contributed by atoms with Crippen LogP contribution in [0.3, 0.4) is 0 Å². The molecule has 5 heteroatoms. The monoisotopic (exact) mass is 392 g/mol. The van der Waals surface area contributed by atoms with Gasteiger partial charge in [-0.05, 0) is 44.3 Å². The van der Waals surface area contributed by atoms with Crippen molar-refractivity contribution < 1.29 is 10.3 Å². The number of likely N-dealkylation sites (tertiary alicyclic amines) is 1. The molecule has 1 aliphatic heterocycles. The van der Waals surface area contributed by atoms with Crippen molar-refractivity contribution in [2.45, 2.75) is 56.8 Å². The SMILES string of the molecule is Cl.O.O=C(NCC#CCN1CCCCC1)C1(c2ccccc2)CCCCC1. The summed E-state index contributed by atoms with van der Waals surface area (Å²) >= 11 is 0. The van der Waals surface area contributed by atoms with Gasteiger partial charge >= 0.3 is 0 Å². The molecule has 0 unspecified atom stereocenters. The minimum atomic E-state index is -0.353. The van der Waals surface area contributed by atoms with Gasteiger partial charge in [-0.1, -0.05) is 67.9 Å². The number of amides is 1. The van der Waals surface area contributed by atoms with Gasteiger partial charge in [0.1, 0.15) is 0 Å². The first-order valence-electron chi connectivity index (χ1n) is 9.83. The number of hydrogen-bond acceptors (Lipinski definition) is 2. The predicted octanol–water partition coefficient (Wildman–Crippen LogP) is 3.09. The van der Waals surface area contributed by atoms with Gasteiger partial charge in [-0.2, -0.15) is 0 Å². The second-order valence-electron chi connectivity index (χ2n) is 7.38. The van der Waals surface area contributed by atoms with Crippen LogP contribution < -0.4 is 5.32 Å². The summed E-state index contributed by atoms with van der Waals surface area (Å²) in [7, 11) is 0. The third-order valence-electron chi connectivity index (χ3n) is 5.68. The maximum Gasteiger partial charge on any atom is 0.231 e. The second kappa shape index (κ2) is 12.0. The fourth-order valence-corrected chi connectivity index (χ4v) is 4.20. The lowest BCUT2D eigenvalue weighted by Crippen LogP contribution is -2.46. The van der Waals surface area contributed by atoms with Crippen LogP contribution >= 0.6 is 12.4 Å². The maximum absolute atomic E-state index is 13.0. The van der Waals surface area contributed by atoms with Crippen LogP contribution in [0.4, 0.5) is 0 Å². The lowest BCUT2D eigenvalue weighted by Gasteiger charge is -2.36.